The zero-order valence-electron chi connectivity index (χ0n) is 13.4. The Morgan fingerprint density at radius 2 is 1.77 bits per heavy atom. The number of carbonyl (C=O) groups excluding carboxylic acids is 1. The van der Waals surface area contributed by atoms with Crippen LogP contribution in [0.1, 0.15) is 10.5 Å². The highest BCUT2D eigenvalue weighted by Crippen LogP contribution is 2.18. The van der Waals surface area contributed by atoms with Gasteiger partial charge in [-0.15, -0.1) is 6.58 Å². The number of pyridine rings is 1. The normalized spacial score (nSPS) is 10.7. The van der Waals surface area contributed by atoms with Crippen molar-refractivity contribution in [2.75, 3.05) is 5.32 Å². The first-order valence-electron chi connectivity index (χ1n) is 7.61. The summed E-state index contributed by atoms with van der Waals surface area (Å²) in [6.45, 7) is 3.57. The number of allylic oxidation sites excluding steroid dienone is 1. The molecule has 1 amide bonds. The molecule has 0 unspecified atom stereocenters. The van der Waals surface area contributed by atoms with Crippen molar-refractivity contribution in [1.29, 1.82) is 0 Å². The molecule has 1 aromatic heterocycles. The highest BCUT2D eigenvalue weighted by molar-refractivity contribution is 6.05. The van der Waals surface area contributed by atoms with E-state index in [-0.39, 0.29) is 28.7 Å². The minimum atomic E-state index is -0.956. The molecule has 4 nitrogen and oxygen atoms in total. The summed E-state index contributed by atoms with van der Waals surface area (Å²) in [6.07, 6.45) is 1.42. The molecular weight excluding hydrogens is 345 g/mol. The largest absolute Gasteiger partial charge is 0.318 e. The number of amides is 1. The summed E-state index contributed by atoms with van der Waals surface area (Å²) in [5.41, 5.74) is -0.850. The van der Waals surface area contributed by atoms with Crippen LogP contribution in [0.3, 0.4) is 0 Å². The van der Waals surface area contributed by atoms with Gasteiger partial charge in [-0.3, -0.25) is 14.2 Å². The summed E-state index contributed by atoms with van der Waals surface area (Å²) < 4.78 is 41.4. The molecular formula is C19H13F3N2O2. The number of anilines is 1. The molecule has 1 N–H and O–H groups in total. The van der Waals surface area contributed by atoms with Crippen LogP contribution in [0.2, 0.25) is 0 Å². The lowest BCUT2D eigenvalue weighted by molar-refractivity contribution is 0.101. The summed E-state index contributed by atoms with van der Waals surface area (Å²) in [6, 6.07) is 7.63. The summed E-state index contributed by atoms with van der Waals surface area (Å²) in [7, 11) is 0. The summed E-state index contributed by atoms with van der Waals surface area (Å²) in [5, 5.41) is 2.76. The molecule has 0 aliphatic carbocycles. The summed E-state index contributed by atoms with van der Waals surface area (Å²) >= 11 is 0. The average molecular weight is 358 g/mol. The summed E-state index contributed by atoms with van der Waals surface area (Å²) in [4.78, 5) is 25.2. The van der Waals surface area contributed by atoms with Crippen LogP contribution in [-0.2, 0) is 6.54 Å². The molecule has 0 atom stereocenters. The lowest BCUT2D eigenvalue weighted by Crippen LogP contribution is -2.28. The number of hydrogen-bond acceptors (Lipinski definition) is 2. The van der Waals surface area contributed by atoms with Crippen LogP contribution in [0.15, 0.2) is 59.9 Å². The van der Waals surface area contributed by atoms with E-state index in [1.165, 1.54) is 18.2 Å². The average Bonchev–Trinajstić information content (AvgIpc) is 2.59. The smallest absolute Gasteiger partial charge is 0.272 e. The van der Waals surface area contributed by atoms with E-state index in [1.807, 2.05) is 0 Å². The number of benzene rings is 2. The maximum Gasteiger partial charge on any atom is 0.272 e. The van der Waals surface area contributed by atoms with Crippen molar-refractivity contribution in [3.63, 3.8) is 0 Å². The van der Waals surface area contributed by atoms with E-state index in [9.17, 15) is 22.8 Å². The molecule has 0 saturated carbocycles. The number of halogens is 3. The fraction of sp³-hybridized carbons (Fsp3) is 0.0526. The van der Waals surface area contributed by atoms with E-state index < -0.39 is 28.9 Å². The Labute approximate surface area is 146 Å². The molecule has 0 saturated heterocycles. The van der Waals surface area contributed by atoms with Crippen LogP contribution < -0.4 is 10.9 Å². The fourth-order valence-electron chi connectivity index (χ4n) is 2.60. The Hall–Kier alpha value is -3.35. The minimum Gasteiger partial charge on any atom is -0.318 e. The zero-order chi connectivity index (χ0) is 18.8. The fourth-order valence-corrected chi connectivity index (χ4v) is 2.60. The monoisotopic (exact) mass is 358 g/mol. The van der Waals surface area contributed by atoms with Crippen LogP contribution in [-0.4, -0.2) is 10.5 Å². The van der Waals surface area contributed by atoms with Crippen molar-refractivity contribution in [2.45, 2.75) is 6.54 Å². The molecule has 0 aliphatic rings. The van der Waals surface area contributed by atoms with E-state index in [2.05, 4.69) is 11.9 Å². The van der Waals surface area contributed by atoms with Crippen LogP contribution in [0, 0.1) is 17.5 Å². The number of rotatable bonds is 4. The maximum atomic E-state index is 13.8. The molecule has 0 aliphatic heterocycles. The number of hydrogen-bond donors (Lipinski definition) is 1. The molecule has 26 heavy (non-hydrogen) atoms. The topological polar surface area (TPSA) is 51.1 Å². The minimum absolute atomic E-state index is 0.0286. The second-order valence-electron chi connectivity index (χ2n) is 5.54. The van der Waals surface area contributed by atoms with E-state index in [1.54, 1.807) is 0 Å². The van der Waals surface area contributed by atoms with Crippen molar-refractivity contribution in [1.82, 2.24) is 4.57 Å². The zero-order valence-corrected chi connectivity index (χ0v) is 13.4. The van der Waals surface area contributed by atoms with Gasteiger partial charge in [-0.1, -0.05) is 6.08 Å². The van der Waals surface area contributed by atoms with Crippen LogP contribution in [0.25, 0.3) is 10.8 Å². The number of fused-ring (bicyclic) bond motifs is 1. The number of carbonyl (C=O) groups is 1. The van der Waals surface area contributed by atoms with Crippen molar-refractivity contribution < 1.29 is 18.0 Å². The lowest BCUT2D eigenvalue weighted by Gasteiger charge is -2.13. The van der Waals surface area contributed by atoms with Gasteiger partial charge in [0.1, 0.15) is 23.1 Å². The van der Waals surface area contributed by atoms with E-state index in [4.69, 9.17) is 0 Å². The van der Waals surface area contributed by atoms with Gasteiger partial charge in [0.2, 0.25) is 0 Å². The van der Waals surface area contributed by atoms with Gasteiger partial charge in [-0.05, 0) is 41.8 Å². The molecule has 3 aromatic rings. The number of nitrogens with zero attached hydrogens (tertiary/aromatic N) is 1. The third-order valence-corrected chi connectivity index (χ3v) is 3.80. The van der Waals surface area contributed by atoms with Crippen molar-refractivity contribution in [3.05, 3.63) is 88.6 Å². The van der Waals surface area contributed by atoms with E-state index >= 15 is 0 Å². The molecule has 132 valence electrons. The maximum absolute atomic E-state index is 13.8. The molecule has 0 spiro atoms. The van der Waals surface area contributed by atoms with Crippen LogP contribution in [0.5, 0.6) is 0 Å². The van der Waals surface area contributed by atoms with Gasteiger partial charge in [0, 0.05) is 18.0 Å². The first-order chi connectivity index (χ1) is 12.4. The first kappa shape index (κ1) is 17.5. The van der Waals surface area contributed by atoms with Gasteiger partial charge >= 0.3 is 0 Å². The van der Waals surface area contributed by atoms with Crippen molar-refractivity contribution in [2.24, 2.45) is 0 Å². The third kappa shape index (κ3) is 3.23. The molecule has 1 heterocycles. The second-order valence-corrected chi connectivity index (χ2v) is 5.54. The Kier molecular flexibility index (Phi) is 4.62. The standard InChI is InChI=1S/C19H13F3N2O2/c1-2-7-24-17(9-11-8-12(20)3-5-14(11)19(24)26)18(25)23-16-6-4-13(21)10-15(16)22/h2-6,8-10H,1,7H2,(H,23,25). The third-order valence-electron chi connectivity index (χ3n) is 3.80. The quantitative estimate of drug-likeness (QED) is 0.720. The van der Waals surface area contributed by atoms with E-state index in [0.717, 1.165) is 28.8 Å². The van der Waals surface area contributed by atoms with Gasteiger partial charge in [0.25, 0.3) is 11.5 Å². The SMILES string of the molecule is C=CCn1c(C(=O)Nc2ccc(F)cc2F)cc2cc(F)ccc2c1=O. The lowest BCUT2D eigenvalue weighted by atomic mass is 10.1. The van der Waals surface area contributed by atoms with Gasteiger partial charge < -0.3 is 5.32 Å². The van der Waals surface area contributed by atoms with E-state index in [0.29, 0.717) is 6.07 Å². The Balaban J connectivity index is 2.12. The second kappa shape index (κ2) is 6.87. The summed E-state index contributed by atoms with van der Waals surface area (Å²) in [5.74, 6) is -3.09. The Morgan fingerprint density at radius 3 is 2.46 bits per heavy atom. The highest BCUT2D eigenvalue weighted by atomic mass is 19.1. The highest BCUT2D eigenvalue weighted by Gasteiger charge is 2.17. The van der Waals surface area contributed by atoms with Crippen LogP contribution in [0.4, 0.5) is 18.9 Å². The number of aromatic nitrogens is 1. The molecule has 7 heteroatoms. The Bertz CT molecular complexity index is 1090. The van der Waals surface area contributed by atoms with Gasteiger partial charge in [-0.25, -0.2) is 13.2 Å². The predicted octanol–water partition coefficient (Wildman–Crippen LogP) is 3.86. The molecule has 3 rings (SSSR count). The molecule has 0 fully saturated rings. The van der Waals surface area contributed by atoms with Crippen LogP contribution >= 0.6 is 0 Å². The first-order valence-corrected chi connectivity index (χ1v) is 7.61. The Morgan fingerprint density at radius 1 is 1.08 bits per heavy atom. The van der Waals surface area contributed by atoms with Gasteiger partial charge in [0.15, 0.2) is 0 Å². The molecule has 0 radical (unpaired) electrons. The molecule has 0 bridgehead atoms. The molecule has 2 aromatic carbocycles. The van der Waals surface area contributed by atoms with Crippen molar-refractivity contribution >= 4 is 22.4 Å². The van der Waals surface area contributed by atoms with Gasteiger partial charge in [0.05, 0.1) is 5.69 Å². The van der Waals surface area contributed by atoms with Crippen molar-refractivity contribution in [3.8, 4) is 0 Å². The van der Waals surface area contributed by atoms with Gasteiger partial charge in [-0.2, -0.15) is 0 Å². The predicted molar refractivity (Wildman–Crippen MR) is 92.7 cm³/mol. The number of nitrogens with one attached hydrogen (secondary N) is 1.